The van der Waals surface area contributed by atoms with E-state index in [1.807, 2.05) is 12.1 Å². The third-order valence-corrected chi connectivity index (χ3v) is 2.79. The van der Waals surface area contributed by atoms with Gasteiger partial charge in [-0.1, -0.05) is 0 Å². The Morgan fingerprint density at radius 1 is 1.07 bits per heavy atom. The first kappa shape index (κ1) is 9.90. The SMILES string of the molecule is COc1cc(OC)c2c(C)c(C)[nH]c2c1. The summed E-state index contributed by atoms with van der Waals surface area (Å²) in [6.07, 6.45) is 0. The summed E-state index contributed by atoms with van der Waals surface area (Å²) in [5.41, 5.74) is 3.45. The molecule has 0 aliphatic heterocycles. The highest BCUT2D eigenvalue weighted by atomic mass is 16.5. The predicted molar refractivity (Wildman–Crippen MR) is 60.9 cm³/mol. The van der Waals surface area contributed by atoms with E-state index in [2.05, 4.69) is 18.8 Å². The lowest BCUT2D eigenvalue weighted by Crippen LogP contribution is -1.88. The van der Waals surface area contributed by atoms with Crippen LogP contribution in [0.5, 0.6) is 11.5 Å². The van der Waals surface area contributed by atoms with Crippen LogP contribution >= 0.6 is 0 Å². The fourth-order valence-corrected chi connectivity index (χ4v) is 1.84. The molecule has 0 atom stereocenters. The van der Waals surface area contributed by atoms with Crippen LogP contribution in [0.1, 0.15) is 11.3 Å². The van der Waals surface area contributed by atoms with Gasteiger partial charge in [0.15, 0.2) is 0 Å². The molecule has 0 spiro atoms. The fourth-order valence-electron chi connectivity index (χ4n) is 1.84. The molecule has 0 bridgehead atoms. The molecule has 2 rings (SSSR count). The Labute approximate surface area is 89.0 Å². The first-order valence-electron chi connectivity index (χ1n) is 4.88. The van der Waals surface area contributed by atoms with Crippen LogP contribution in [-0.2, 0) is 0 Å². The molecule has 0 saturated carbocycles. The van der Waals surface area contributed by atoms with Crippen LogP contribution in [0.2, 0.25) is 0 Å². The molecule has 0 unspecified atom stereocenters. The topological polar surface area (TPSA) is 34.2 Å². The zero-order valence-corrected chi connectivity index (χ0v) is 9.47. The van der Waals surface area contributed by atoms with E-state index in [9.17, 15) is 0 Å². The number of benzene rings is 1. The van der Waals surface area contributed by atoms with E-state index in [-0.39, 0.29) is 0 Å². The summed E-state index contributed by atoms with van der Waals surface area (Å²) >= 11 is 0. The smallest absolute Gasteiger partial charge is 0.132 e. The van der Waals surface area contributed by atoms with E-state index in [0.29, 0.717) is 0 Å². The molecule has 0 amide bonds. The molecule has 0 aliphatic carbocycles. The van der Waals surface area contributed by atoms with E-state index in [1.165, 1.54) is 5.56 Å². The van der Waals surface area contributed by atoms with Gasteiger partial charge in [-0.3, -0.25) is 0 Å². The van der Waals surface area contributed by atoms with E-state index < -0.39 is 0 Å². The number of methoxy groups -OCH3 is 2. The van der Waals surface area contributed by atoms with Crippen molar-refractivity contribution in [2.45, 2.75) is 13.8 Å². The summed E-state index contributed by atoms with van der Waals surface area (Å²) < 4.78 is 10.6. The number of aryl methyl sites for hydroxylation is 2. The lowest BCUT2D eigenvalue weighted by Gasteiger charge is -2.06. The van der Waals surface area contributed by atoms with Gasteiger partial charge >= 0.3 is 0 Å². The zero-order chi connectivity index (χ0) is 11.0. The third-order valence-electron chi connectivity index (χ3n) is 2.79. The van der Waals surface area contributed by atoms with E-state index in [1.54, 1.807) is 14.2 Å². The molecule has 1 aromatic carbocycles. The summed E-state index contributed by atoms with van der Waals surface area (Å²) in [5.74, 6) is 1.66. The number of H-pyrrole nitrogens is 1. The van der Waals surface area contributed by atoms with Crippen molar-refractivity contribution in [2.24, 2.45) is 0 Å². The van der Waals surface area contributed by atoms with Crippen molar-refractivity contribution < 1.29 is 9.47 Å². The van der Waals surface area contributed by atoms with Gasteiger partial charge in [-0.05, 0) is 19.4 Å². The molecule has 1 N–H and O–H groups in total. The van der Waals surface area contributed by atoms with Crippen LogP contribution in [0.4, 0.5) is 0 Å². The standard InChI is InChI=1S/C12H15NO2/c1-7-8(2)13-10-5-9(14-3)6-11(15-4)12(7)10/h5-6,13H,1-4H3. The molecule has 0 aliphatic rings. The molecule has 80 valence electrons. The number of fused-ring (bicyclic) bond motifs is 1. The van der Waals surface area contributed by atoms with E-state index in [0.717, 1.165) is 28.1 Å². The Morgan fingerprint density at radius 2 is 1.80 bits per heavy atom. The molecular weight excluding hydrogens is 190 g/mol. The summed E-state index contributed by atoms with van der Waals surface area (Å²) in [7, 11) is 3.33. The van der Waals surface area contributed by atoms with E-state index in [4.69, 9.17) is 9.47 Å². The van der Waals surface area contributed by atoms with Gasteiger partial charge in [0.2, 0.25) is 0 Å². The minimum Gasteiger partial charge on any atom is -0.497 e. The first-order valence-corrected chi connectivity index (χ1v) is 4.88. The molecular formula is C12H15NO2. The van der Waals surface area contributed by atoms with Gasteiger partial charge in [0, 0.05) is 23.2 Å². The van der Waals surface area contributed by atoms with Crippen molar-refractivity contribution in [1.29, 1.82) is 0 Å². The van der Waals surface area contributed by atoms with Gasteiger partial charge < -0.3 is 14.5 Å². The first-order chi connectivity index (χ1) is 7.17. The molecule has 0 fully saturated rings. The minimum atomic E-state index is 0.806. The highest BCUT2D eigenvalue weighted by molar-refractivity contribution is 5.91. The highest BCUT2D eigenvalue weighted by Crippen LogP contribution is 2.34. The van der Waals surface area contributed by atoms with Crippen LogP contribution in [-0.4, -0.2) is 19.2 Å². The van der Waals surface area contributed by atoms with Gasteiger partial charge in [-0.25, -0.2) is 0 Å². The molecule has 0 saturated heterocycles. The Kier molecular flexibility index (Phi) is 2.31. The van der Waals surface area contributed by atoms with Crippen LogP contribution in [0.25, 0.3) is 10.9 Å². The van der Waals surface area contributed by atoms with Crippen LogP contribution in [0.15, 0.2) is 12.1 Å². The second-order valence-electron chi connectivity index (χ2n) is 3.63. The third kappa shape index (κ3) is 1.44. The van der Waals surface area contributed by atoms with Gasteiger partial charge in [-0.2, -0.15) is 0 Å². The Morgan fingerprint density at radius 3 is 2.40 bits per heavy atom. The number of aromatic nitrogens is 1. The van der Waals surface area contributed by atoms with Crippen LogP contribution in [0.3, 0.4) is 0 Å². The average molecular weight is 205 g/mol. The number of rotatable bonds is 2. The van der Waals surface area contributed by atoms with Crippen molar-refractivity contribution in [1.82, 2.24) is 4.98 Å². The summed E-state index contributed by atoms with van der Waals surface area (Å²) in [5, 5.41) is 1.14. The lowest BCUT2D eigenvalue weighted by atomic mass is 10.1. The minimum absolute atomic E-state index is 0.806. The molecule has 1 aromatic heterocycles. The van der Waals surface area contributed by atoms with Crippen LogP contribution in [0, 0.1) is 13.8 Å². The van der Waals surface area contributed by atoms with Crippen molar-refractivity contribution in [3.63, 3.8) is 0 Å². The second-order valence-corrected chi connectivity index (χ2v) is 3.63. The molecule has 2 aromatic rings. The van der Waals surface area contributed by atoms with Gasteiger partial charge in [0.25, 0.3) is 0 Å². The monoisotopic (exact) mass is 205 g/mol. The Bertz CT molecular complexity index is 500. The number of ether oxygens (including phenoxy) is 2. The summed E-state index contributed by atoms with van der Waals surface area (Å²) in [4.78, 5) is 3.32. The zero-order valence-electron chi connectivity index (χ0n) is 9.47. The van der Waals surface area contributed by atoms with Crippen molar-refractivity contribution in [3.8, 4) is 11.5 Å². The number of hydrogen-bond donors (Lipinski definition) is 1. The highest BCUT2D eigenvalue weighted by Gasteiger charge is 2.11. The maximum atomic E-state index is 5.36. The molecule has 15 heavy (non-hydrogen) atoms. The summed E-state index contributed by atoms with van der Waals surface area (Å²) in [6.45, 7) is 4.14. The van der Waals surface area contributed by atoms with E-state index >= 15 is 0 Å². The van der Waals surface area contributed by atoms with Gasteiger partial charge in [-0.15, -0.1) is 0 Å². The van der Waals surface area contributed by atoms with Crippen molar-refractivity contribution in [2.75, 3.05) is 14.2 Å². The van der Waals surface area contributed by atoms with Gasteiger partial charge in [0.05, 0.1) is 19.7 Å². The summed E-state index contributed by atoms with van der Waals surface area (Å²) in [6, 6.07) is 3.89. The maximum Gasteiger partial charge on any atom is 0.132 e. The lowest BCUT2D eigenvalue weighted by molar-refractivity contribution is 0.398. The molecule has 0 radical (unpaired) electrons. The van der Waals surface area contributed by atoms with Crippen LogP contribution < -0.4 is 9.47 Å². The molecule has 3 heteroatoms. The fraction of sp³-hybridized carbons (Fsp3) is 0.333. The average Bonchev–Trinajstić information content (AvgIpc) is 2.53. The molecule has 1 heterocycles. The van der Waals surface area contributed by atoms with Crippen molar-refractivity contribution in [3.05, 3.63) is 23.4 Å². The second kappa shape index (κ2) is 3.50. The largest absolute Gasteiger partial charge is 0.497 e. The number of aromatic amines is 1. The molecule has 3 nitrogen and oxygen atoms in total. The number of hydrogen-bond acceptors (Lipinski definition) is 2. The Hall–Kier alpha value is -1.64. The Balaban J connectivity index is 2.81. The van der Waals surface area contributed by atoms with Gasteiger partial charge in [0.1, 0.15) is 11.5 Å². The van der Waals surface area contributed by atoms with Crippen molar-refractivity contribution >= 4 is 10.9 Å². The number of nitrogens with one attached hydrogen (secondary N) is 1. The normalized spacial score (nSPS) is 10.7. The predicted octanol–water partition coefficient (Wildman–Crippen LogP) is 2.80. The maximum absolute atomic E-state index is 5.36. The quantitative estimate of drug-likeness (QED) is 0.818.